The van der Waals surface area contributed by atoms with Gasteiger partial charge in [-0.05, 0) is 154 Å². The van der Waals surface area contributed by atoms with E-state index in [1.165, 1.54) is 127 Å². The molecular weight excluding hydrogens is 867 g/mol. The van der Waals surface area contributed by atoms with Crippen LogP contribution in [0.1, 0.15) is 66.0 Å². The van der Waals surface area contributed by atoms with Crippen LogP contribution in [0.5, 0.6) is 0 Å². The van der Waals surface area contributed by atoms with Crippen LogP contribution in [0, 0.1) is 0 Å². The summed E-state index contributed by atoms with van der Waals surface area (Å²) in [6.45, 7) is 4.86. The maximum absolute atomic E-state index is 2.55. The Bertz CT molecular complexity index is 4000. The van der Waals surface area contributed by atoms with E-state index >= 15 is 0 Å². The summed E-state index contributed by atoms with van der Waals surface area (Å²) >= 11 is 0. The monoisotopic (exact) mass is 919 g/mol. The van der Waals surface area contributed by atoms with Gasteiger partial charge < -0.3 is 4.90 Å². The zero-order valence-electron chi connectivity index (χ0n) is 40.7. The van der Waals surface area contributed by atoms with Gasteiger partial charge in [0.25, 0.3) is 0 Å². The Labute approximate surface area is 422 Å². The van der Waals surface area contributed by atoms with Crippen molar-refractivity contribution in [3.8, 4) is 33.4 Å². The number of rotatable bonds is 7. The molecule has 1 unspecified atom stereocenters. The van der Waals surface area contributed by atoms with Gasteiger partial charge >= 0.3 is 0 Å². The van der Waals surface area contributed by atoms with Crippen LogP contribution < -0.4 is 4.90 Å². The van der Waals surface area contributed by atoms with E-state index in [1.54, 1.807) is 0 Å². The first-order chi connectivity index (χ1) is 35.5. The molecule has 1 nitrogen and oxygen atoms in total. The molecule has 0 fully saturated rings. The quantitative estimate of drug-likeness (QED) is 0.144. The van der Waals surface area contributed by atoms with Crippen LogP contribution >= 0.6 is 0 Å². The summed E-state index contributed by atoms with van der Waals surface area (Å²) in [5.41, 5.74) is 20.7. The number of anilines is 3. The lowest BCUT2D eigenvalue weighted by Gasteiger charge is -2.30. The molecule has 0 amide bonds. The third-order valence-corrected chi connectivity index (χ3v) is 16.3. The zero-order chi connectivity index (χ0) is 47.9. The van der Waals surface area contributed by atoms with E-state index in [4.69, 9.17) is 0 Å². The third kappa shape index (κ3) is 6.68. The minimum atomic E-state index is -0.225. The van der Waals surface area contributed by atoms with E-state index < -0.39 is 0 Å². The van der Waals surface area contributed by atoms with Gasteiger partial charge in [-0.3, -0.25) is 0 Å². The van der Waals surface area contributed by atoms with E-state index in [1.807, 2.05) is 0 Å². The second kappa shape index (κ2) is 16.8. The molecule has 3 aliphatic rings. The highest BCUT2D eigenvalue weighted by Gasteiger charge is 2.37. The molecule has 0 radical (unpaired) electrons. The van der Waals surface area contributed by atoms with Crippen molar-refractivity contribution in [2.75, 3.05) is 4.90 Å². The second-order valence-corrected chi connectivity index (χ2v) is 20.6. The van der Waals surface area contributed by atoms with Crippen LogP contribution in [0.25, 0.3) is 88.1 Å². The normalized spacial score (nSPS) is 15.4. The van der Waals surface area contributed by atoms with Gasteiger partial charge in [0.2, 0.25) is 0 Å². The van der Waals surface area contributed by atoms with Crippen molar-refractivity contribution in [2.45, 2.75) is 44.4 Å². The average molecular weight is 920 g/mol. The number of hydrogen-bond donors (Lipinski definition) is 0. The van der Waals surface area contributed by atoms with E-state index in [0.29, 0.717) is 0 Å². The fourth-order valence-electron chi connectivity index (χ4n) is 12.8. The summed E-state index contributed by atoms with van der Waals surface area (Å²) in [5.74, 6) is 0.218. The Morgan fingerprint density at radius 1 is 0.486 bits per heavy atom. The number of hydrogen-bond acceptors (Lipinski definition) is 1. The van der Waals surface area contributed by atoms with Gasteiger partial charge in [0.15, 0.2) is 0 Å². The third-order valence-electron chi connectivity index (χ3n) is 16.3. The van der Waals surface area contributed by atoms with Crippen molar-refractivity contribution in [1.29, 1.82) is 0 Å². The second-order valence-electron chi connectivity index (χ2n) is 20.6. The number of allylic oxidation sites excluding steroid dienone is 5. The van der Waals surface area contributed by atoms with Crippen molar-refractivity contribution in [2.24, 2.45) is 0 Å². The fourth-order valence-corrected chi connectivity index (χ4v) is 12.8. The first-order valence-electron chi connectivity index (χ1n) is 25.7. The van der Waals surface area contributed by atoms with Crippen molar-refractivity contribution in [3.63, 3.8) is 0 Å². The van der Waals surface area contributed by atoms with E-state index in [9.17, 15) is 0 Å². The molecule has 1 heteroatoms. The molecule has 0 saturated heterocycles. The van der Waals surface area contributed by atoms with E-state index in [-0.39, 0.29) is 11.3 Å². The summed E-state index contributed by atoms with van der Waals surface area (Å²) in [7, 11) is 0. The molecule has 0 saturated carbocycles. The highest BCUT2D eigenvalue weighted by Crippen LogP contribution is 2.54. The lowest BCUT2D eigenvalue weighted by atomic mass is 9.75. The lowest BCUT2D eigenvalue weighted by Crippen LogP contribution is -2.17. The summed E-state index contributed by atoms with van der Waals surface area (Å²) in [6.07, 6.45) is 14.9. The van der Waals surface area contributed by atoms with Crippen LogP contribution in [0.15, 0.2) is 237 Å². The molecule has 0 heterocycles. The highest BCUT2D eigenvalue weighted by atomic mass is 15.1. The molecule has 0 bridgehead atoms. The van der Waals surface area contributed by atoms with Gasteiger partial charge in [0.05, 0.1) is 11.4 Å². The molecule has 11 aromatic carbocycles. The van der Waals surface area contributed by atoms with Gasteiger partial charge in [-0.15, -0.1) is 0 Å². The Balaban J connectivity index is 0.912. The fraction of sp³-hybridized carbons (Fsp3) is 0.0986. The van der Waals surface area contributed by atoms with E-state index in [0.717, 1.165) is 24.9 Å². The molecule has 342 valence electrons. The summed E-state index contributed by atoms with van der Waals surface area (Å²) < 4.78 is 0. The van der Waals surface area contributed by atoms with Crippen LogP contribution in [-0.2, 0) is 11.8 Å². The van der Waals surface area contributed by atoms with Crippen molar-refractivity contribution >= 4 is 71.8 Å². The van der Waals surface area contributed by atoms with Crippen molar-refractivity contribution < 1.29 is 0 Å². The minimum Gasteiger partial charge on any atom is -0.309 e. The lowest BCUT2D eigenvalue weighted by molar-refractivity contribution is 0.658. The van der Waals surface area contributed by atoms with Gasteiger partial charge in [0, 0.05) is 27.8 Å². The average Bonchev–Trinajstić information content (AvgIpc) is 3.67. The van der Waals surface area contributed by atoms with Gasteiger partial charge in [-0.1, -0.05) is 226 Å². The Hall–Kier alpha value is -8.52. The van der Waals surface area contributed by atoms with Gasteiger partial charge in [-0.25, -0.2) is 0 Å². The zero-order valence-corrected chi connectivity index (χ0v) is 40.7. The van der Waals surface area contributed by atoms with Crippen molar-refractivity contribution in [3.05, 3.63) is 270 Å². The molecule has 14 rings (SSSR count). The number of fused-ring (bicyclic) bond motifs is 11. The predicted molar refractivity (Wildman–Crippen MR) is 308 cm³/mol. The largest absolute Gasteiger partial charge is 0.309 e. The van der Waals surface area contributed by atoms with Crippen LogP contribution in [0.3, 0.4) is 0 Å². The molecule has 11 aromatic rings. The first-order valence-corrected chi connectivity index (χ1v) is 25.7. The standard InChI is InChI=1S/C71H53N/c1-71(2)64-43-52(36-39-57(64)58-41-38-53(44-65(58)71)72(66-34-18-28-46-24-12-14-30-54(46)66)67-35-19-29-47-25-13-15-31-55(47)67)51-37-40-60-63(42-51)56-32-16-17-33-59(56)69-62(49-22-8-4-9-23-49)45-61(48-20-6-3-7-21-48)68(70(60)69)50-26-10-5-11-27-50/h3-8,10-22,24-41,43-45,51H,9,23,42H2,1-2H3. The molecule has 0 aromatic heterocycles. The van der Waals surface area contributed by atoms with Crippen LogP contribution in [-0.4, -0.2) is 0 Å². The topological polar surface area (TPSA) is 3.24 Å². The molecule has 72 heavy (non-hydrogen) atoms. The Morgan fingerprint density at radius 3 is 1.76 bits per heavy atom. The molecule has 3 aliphatic carbocycles. The Kier molecular flexibility index (Phi) is 9.90. The number of nitrogens with zero attached hydrogens (tertiary/aromatic N) is 1. The minimum absolute atomic E-state index is 0.218. The first kappa shape index (κ1) is 42.4. The maximum Gasteiger partial charge on any atom is 0.0540 e. The highest BCUT2D eigenvalue weighted by molar-refractivity contribution is 6.23. The molecule has 0 N–H and O–H groups in total. The van der Waals surface area contributed by atoms with E-state index in [2.05, 4.69) is 261 Å². The SMILES string of the molecule is CC1(C)c2cc(C3C=Cc4c(c5ccccc5c5c(C6=CC=CCC6)cc(-c6ccccc6)c(-c6ccccc6)c45)C3)ccc2-c2ccc(N(c3cccc4ccccc34)c3cccc4ccccc34)cc21. The predicted octanol–water partition coefficient (Wildman–Crippen LogP) is 19.5. The van der Waals surface area contributed by atoms with Gasteiger partial charge in [0.1, 0.15) is 0 Å². The molecule has 1 atom stereocenters. The summed E-state index contributed by atoms with van der Waals surface area (Å²) in [5, 5.41) is 10.3. The molecule has 0 aliphatic heterocycles. The Morgan fingerprint density at radius 2 is 1.08 bits per heavy atom. The van der Waals surface area contributed by atoms with Crippen molar-refractivity contribution in [1.82, 2.24) is 0 Å². The molecular formula is C71H53N. The number of benzene rings is 11. The maximum atomic E-state index is 2.55. The summed E-state index contributed by atoms with van der Waals surface area (Å²) in [4.78, 5) is 2.49. The molecule has 0 spiro atoms. The van der Waals surface area contributed by atoms with Crippen LogP contribution in [0.4, 0.5) is 17.1 Å². The van der Waals surface area contributed by atoms with Crippen LogP contribution in [0.2, 0.25) is 0 Å². The smallest absolute Gasteiger partial charge is 0.0540 e. The van der Waals surface area contributed by atoms with Gasteiger partial charge in [-0.2, -0.15) is 0 Å². The summed E-state index contributed by atoms with van der Waals surface area (Å²) in [6, 6.07) is 79.5.